The number of carbonyl (C=O) groups excluding carboxylic acids is 1. The lowest BCUT2D eigenvalue weighted by molar-refractivity contribution is 0.00701. The number of rotatable bonds is 6. The SMILES string of the molecule is CN=C(NCCNS(=O)(=O)c1cccs1)NC1CN(C(=O)OC(C)(C)C)C1. The summed E-state index contributed by atoms with van der Waals surface area (Å²) >= 11 is 1.17. The maximum absolute atomic E-state index is 12.0. The maximum atomic E-state index is 12.0. The van der Waals surface area contributed by atoms with Crippen LogP contribution in [-0.4, -0.2) is 70.2 Å². The molecule has 3 N–H and O–H groups in total. The highest BCUT2D eigenvalue weighted by molar-refractivity contribution is 7.91. The number of nitrogens with one attached hydrogen (secondary N) is 3. The van der Waals surface area contributed by atoms with E-state index in [1.54, 1.807) is 29.5 Å². The molecule has 1 aromatic heterocycles. The number of amides is 1. The van der Waals surface area contributed by atoms with Crippen LogP contribution < -0.4 is 15.4 Å². The van der Waals surface area contributed by atoms with Crippen molar-refractivity contribution >= 4 is 33.4 Å². The van der Waals surface area contributed by atoms with Crippen LogP contribution in [0.15, 0.2) is 26.7 Å². The van der Waals surface area contributed by atoms with Gasteiger partial charge in [-0.1, -0.05) is 6.07 Å². The molecule has 0 spiro atoms. The number of nitrogens with zero attached hydrogens (tertiary/aromatic N) is 2. The first-order chi connectivity index (χ1) is 12.6. The van der Waals surface area contributed by atoms with Crippen LogP contribution in [0, 0.1) is 0 Å². The van der Waals surface area contributed by atoms with Gasteiger partial charge in [0.25, 0.3) is 0 Å². The summed E-state index contributed by atoms with van der Waals surface area (Å²) in [5, 5.41) is 7.96. The van der Waals surface area contributed by atoms with Gasteiger partial charge in [0.2, 0.25) is 10.0 Å². The molecule has 1 aliphatic rings. The van der Waals surface area contributed by atoms with Crippen molar-refractivity contribution in [3.8, 4) is 0 Å². The second-order valence-corrected chi connectivity index (χ2v) is 10.00. The molecule has 1 saturated heterocycles. The van der Waals surface area contributed by atoms with Gasteiger partial charge in [0, 0.05) is 33.2 Å². The highest BCUT2D eigenvalue weighted by Gasteiger charge is 2.34. The first-order valence-corrected chi connectivity index (χ1v) is 11.0. The van der Waals surface area contributed by atoms with Crippen LogP contribution in [-0.2, 0) is 14.8 Å². The first kappa shape index (κ1) is 21.5. The van der Waals surface area contributed by atoms with Crippen LogP contribution >= 0.6 is 11.3 Å². The molecule has 1 amide bonds. The Morgan fingerprint density at radius 3 is 2.63 bits per heavy atom. The van der Waals surface area contributed by atoms with Gasteiger partial charge in [-0.15, -0.1) is 11.3 Å². The van der Waals surface area contributed by atoms with Crippen molar-refractivity contribution in [3.05, 3.63) is 17.5 Å². The lowest BCUT2D eigenvalue weighted by atomic mass is 10.1. The minimum absolute atomic E-state index is 0.0755. The summed E-state index contributed by atoms with van der Waals surface area (Å²) in [5.74, 6) is 0.555. The number of likely N-dealkylation sites (tertiary alicyclic amines) is 1. The number of carbonyl (C=O) groups is 1. The standard InChI is InChI=1S/C16H27N5O4S2/c1-16(2,3)25-15(22)21-10-12(11-21)20-14(17-4)18-7-8-19-27(23,24)13-6-5-9-26-13/h5-6,9,12,19H,7-8,10-11H2,1-4H3,(H2,17,18,20). The molecule has 1 aliphatic heterocycles. The third kappa shape index (κ3) is 6.67. The quantitative estimate of drug-likeness (QED) is 0.359. The number of hydrogen-bond acceptors (Lipinski definition) is 6. The summed E-state index contributed by atoms with van der Waals surface area (Å²) in [7, 11) is -1.83. The van der Waals surface area contributed by atoms with E-state index in [1.165, 1.54) is 11.3 Å². The molecule has 2 heterocycles. The van der Waals surface area contributed by atoms with Gasteiger partial charge >= 0.3 is 6.09 Å². The Bertz CT molecular complexity index is 750. The molecule has 27 heavy (non-hydrogen) atoms. The zero-order chi connectivity index (χ0) is 20.1. The van der Waals surface area contributed by atoms with Crippen LogP contribution in [0.5, 0.6) is 0 Å². The summed E-state index contributed by atoms with van der Waals surface area (Å²) in [6.07, 6.45) is -0.327. The Kier molecular flexibility index (Phi) is 7.06. The average Bonchev–Trinajstić information content (AvgIpc) is 3.05. The minimum atomic E-state index is -3.46. The van der Waals surface area contributed by atoms with Gasteiger partial charge in [0.15, 0.2) is 5.96 Å². The van der Waals surface area contributed by atoms with E-state index in [4.69, 9.17) is 4.74 Å². The minimum Gasteiger partial charge on any atom is -0.444 e. The highest BCUT2D eigenvalue weighted by atomic mass is 32.2. The molecule has 0 radical (unpaired) electrons. The van der Waals surface area contributed by atoms with E-state index in [-0.39, 0.29) is 18.7 Å². The second kappa shape index (κ2) is 8.89. The topological polar surface area (TPSA) is 112 Å². The fourth-order valence-corrected chi connectivity index (χ4v) is 4.36. The lowest BCUT2D eigenvalue weighted by Crippen LogP contribution is -2.63. The van der Waals surface area contributed by atoms with E-state index in [9.17, 15) is 13.2 Å². The average molecular weight is 418 g/mol. The molecule has 9 nitrogen and oxygen atoms in total. The van der Waals surface area contributed by atoms with Crippen LogP contribution in [0.2, 0.25) is 0 Å². The molecular weight excluding hydrogens is 390 g/mol. The van der Waals surface area contributed by atoms with E-state index >= 15 is 0 Å². The summed E-state index contributed by atoms with van der Waals surface area (Å²) in [5.41, 5.74) is -0.510. The Balaban J connectivity index is 1.67. The molecule has 11 heteroatoms. The smallest absolute Gasteiger partial charge is 0.410 e. The van der Waals surface area contributed by atoms with Gasteiger partial charge in [-0.2, -0.15) is 0 Å². The fraction of sp³-hybridized carbons (Fsp3) is 0.625. The summed E-state index contributed by atoms with van der Waals surface area (Å²) < 4.78 is 32.2. The fourth-order valence-electron chi connectivity index (χ4n) is 2.29. The Hall–Kier alpha value is -1.85. The number of thiophene rings is 1. The van der Waals surface area contributed by atoms with Crippen molar-refractivity contribution in [1.82, 2.24) is 20.3 Å². The van der Waals surface area contributed by atoms with Crippen molar-refractivity contribution in [2.75, 3.05) is 33.2 Å². The Morgan fingerprint density at radius 2 is 2.07 bits per heavy atom. The van der Waals surface area contributed by atoms with Crippen molar-refractivity contribution in [3.63, 3.8) is 0 Å². The number of aliphatic imine (C=N–C) groups is 1. The molecule has 0 atom stereocenters. The highest BCUT2D eigenvalue weighted by Crippen LogP contribution is 2.15. The van der Waals surface area contributed by atoms with Gasteiger partial charge in [0.1, 0.15) is 9.81 Å². The van der Waals surface area contributed by atoms with Crippen LogP contribution in [0.3, 0.4) is 0 Å². The number of hydrogen-bond donors (Lipinski definition) is 3. The van der Waals surface area contributed by atoms with E-state index in [0.29, 0.717) is 29.8 Å². The van der Waals surface area contributed by atoms with Gasteiger partial charge < -0.3 is 20.3 Å². The summed E-state index contributed by atoms with van der Waals surface area (Å²) in [4.78, 5) is 17.6. The van der Waals surface area contributed by atoms with Crippen molar-refractivity contribution in [2.24, 2.45) is 4.99 Å². The molecule has 152 valence electrons. The predicted octanol–water partition coefficient (Wildman–Crippen LogP) is 0.811. The molecular formula is C16H27N5O4S2. The number of ether oxygens (including phenoxy) is 1. The van der Waals surface area contributed by atoms with Crippen LogP contribution in [0.4, 0.5) is 4.79 Å². The third-order valence-electron chi connectivity index (χ3n) is 3.57. The summed E-state index contributed by atoms with van der Waals surface area (Å²) in [6, 6.07) is 3.34. The van der Waals surface area contributed by atoms with E-state index in [2.05, 4.69) is 20.3 Å². The molecule has 0 bridgehead atoms. The Morgan fingerprint density at radius 1 is 1.37 bits per heavy atom. The predicted molar refractivity (Wildman–Crippen MR) is 106 cm³/mol. The molecule has 0 aromatic carbocycles. The van der Waals surface area contributed by atoms with E-state index < -0.39 is 15.6 Å². The van der Waals surface area contributed by atoms with Gasteiger partial charge in [-0.3, -0.25) is 4.99 Å². The first-order valence-electron chi connectivity index (χ1n) is 8.59. The maximum Gasteiger partial charge on any atom is 0.410 e. The van der Waals surface area contributed by atoms with Crippen molar-refractivity contribution < 1.29 is 17.9 Å². The second-order valence-electron chi connectivity index (χ2n) is 7.06. The molecule has 1 aromatic rings. The van der Waals surface area contributed by atoms with Crippen LogP contribution in [0.1, 0.15) is 20.8 Å². The monoisotopic (exact) mass is 417 g/mol. The summed E-state index contributed by atoms with van der Waals surface area (Å²) in [6.45, 7) is 7.17. The third-order valence-corrected chi connectivity index (χ3v) is 6.43. The lowest BCUT2D eigenvalue weighted by Gasteiger charge is -2.40. The normalized spacial score (nSPS) is 16.0. The van der Waals surface area contributed by atoms with E-state index in [0.717, 1.165) is 0 Å². The number of sulfonamides is 1. The zero-order valence-corrected chi connectivity index (χ0v) is 17.6. The van der Waals surface area contributed by atoms with Gasteiger partial charge in [-0.05, 0) is 32.2 Å². The molecule has 0 saturated carbocycles. The molecule has 1 fully saturated rings. The van der Waals surface area contributed by atoms with Crippen molar-refractivity contribution in [1.29, 1.82) is 0 Å². The zero-order valence-electron chi connectivity index (χ0n) is 16.0. The molecule has 0 aliphatic carbocycles. The number of guanidine groups is 1. The van der Waals surface area contributed by atoms with Crippen molar-refractivity contribution in [2.45, 2.75) is 36.6 Å². The van der Waals surface area contributed by atoms with Gasteiger partial charge in [0.05, 0.1) is 6.04 Å². The van der Waals surface area contributed by atoms with Crippen LogP contribution in [0.25, 0.3) is 0 Å². The molecule has 2 rings (SSSR count). The Labute approximate surface area is 164 Å². The largest absolute Gasteiger partial charge is 0.444 e. The van der Waals surface area contributed by atoms with Gasteiger partial charge in [-0.25, -0.2) is 17.9 Å². The molecule has 0 unspecified atom stereocenters. The van der Waals surface area contributed by atoms with E-state index in [1.807, 2.05) is 20.8 Å².